The fraction of sp³-hybridized carbons (Fsp3) is 0.192. The number of nitrogens with one attached hydrogen (secondary N) is 1. The third kappa shape index (κ3) is 3.98. The molecule has 5 rings (SSSR count). The summed E-state index contributed by atoms with van der Waals surface area (Å²) in [6.45, 7) is 3.73. The maximum Gasteiger partial charge on any atom is 0.229 e. The van der Waals surface area contributed by atoms with Gasteiger partial charge in [-0.2, -0.15) is 10.2 Å². The Hall–Kier alpha value is -3.95. The summed E-state index contributed by atoms with van der Waals surface area (Å²) in [6, 6.07) is 24.4. The minimum Gasteiger partial charge on any atom is -0.354 e. The minimum absolute atomic E-state index is 0.159. The third-order valence-corrected chi connectivity index (χ3v) is 5.86. The van der Waals surface area contributed by atoms with Crippen LogP contribution in [0.5, 0.6) is 0 Å². The molecule has 2 heterocycles. The molecule has 1 aliphatic heterocycles. The molecule has 0 unspecified atom stereocenters. The molecule has 3 aromatic carbocycles. The van der Waals surface area contributed by atoms with Crippen LogP contribution in [0.25, 0.3) is 22.0 Å². The van der Waals surface area contributed by atoms with E-state index >= 15 is 0 Å². The average molecular weight is 421 g/mol. The van der Waals surface area contributed by atoms with Gasteiger partial charge in [-0.3, -0.25) is 0 Å². The molecule has 1 atom stereocenters. The number of nitriles is 1. The van der Waals surface area contributed by atoms with Crippen molar-refractivity contribution in [2.75, 3.05) is 23.3 Å². The van der Waals surface area contributed by atoms with Crippen molar-refractivity contribution in [3.8, 4) is 17.2 Å². The second kappa shape index (κ2) is 8.29. The van der Waals surface area contributed by atoms with Crippen molar-refractivity contribution in [1.82, 2.24) is 9.97 Å². The van der Waals surface area contributed by atoms with Crippen LogP contribution < -0.4 is 16.0 Å². The van der Waals surface area contributed by atoms with Crippen LogP contribution in [0.4, 0.5) is 17.5 Å². The predicted octanol–water partition coefficient (Wildman–Crippen LogP) is 4.76. The number of hydrogen-bond acceptors (Lipinski definition) is 6. The lowest BCUT2D eigenvalue weighted by Crippen LogP contribution is -2.27. The number of anilines is 3. The molecule has 3 N–H and O–H groups in total. The molecule has 0 saturated carbocycles. The summed E-state index contributed by atoms with van der Waals surface area (Å²) in [7, 11) is 0. The molecule has 1 fully saturated rings. The summed E-state index contributed by atoms with van der Waals surface area (Å²) in [4.78, 5) is 12.0. The molecule has 1 saturated heterocycles. The Bertz CT molecular complexity index is 1310. The van der Waals surface area contributed by atoms with E-state index in [2.05, 4.69) is 53.5 Å². The number of benzene rings is 3. The molecular weight excluding hydrogens is 396 g/mol. The van der Waals surface area contributed by atoms with Crippen LogP contribution >= 0.6 is 0 Å². The van der Waals surface area contributed by atoms with Crippen molar-refractivity contribution in [3.63, 3.8) is 0 Å². The van der Waals surface area contributed by atoms with Crippen LogP contribution in [0.15, 0.2) is 66.7 Å². The highest BCUT2D eigenvalue weighted by atomic mass is 15.3. The number of nitrogens with zero attached hydrogens (tertiary/aromatic N) is 4. The van der Waals surface area contributed by atoms with Gasteiger partial charge in [0, 0.05) is 30.2 Å². The van der Waals surface area contributed by atoms with Crippen LogP contribution in [0, 0.1) is 18.3 Å². The van der Waals surface area contributed by atoms with Gasteiger partial charge in [0.25, 0.3) is 0 Å². The highest BCUT2D eigenvalue weighted by Gasteiger charge is 2.23. The van der Waals surface area contributed by atoms with Gasteiger partial charge in [0.15, 0.2) is 0 Å². The number of rotatable bonds is 4. The standard InChI is InChI=1S/C26H24N6/c1-17-2-9-22(10-3-17)29-26-30-24-14-20(19-6-4-18(15-27)5-7-19)8-11-23(24)25(31-26)32-13-12-21(28)16-32/h2-11,14,21H,12-13,16,28H2,1H3,(H,29,30,31)/t21-/m0/s1. The number of hydrogen-bond donors (Lipinski definition) is 2. The van der Waals surface area contributed by atoms with E-state index in [0.717, 1.165) is 53.0 Å². The lowest BCUT2D eigenvalue weighted by atomic mass is 10.0. The van der Waals surface area contributed by atoms with Gasteiger partial charge in [0.1, 0.15) is 5.82 Å². The second-order valence-electron chi connectivity index (χ2n) is 8.28. The Labute approximate surface area is 187 Å². The number of aryl methyl sites for hydroxylation is 1. The summed E-state index contributed by atoms with van der Waals surface area (Å²) in [5.41, 5.74) is 11.9. The van der Waals surface area contributed by atoms with E-state index in [1.165, 1.54) is 5.56 Å². The Morgan fingerprint density at radius 2 is 1.75 bits per heavy atom. The molecule has 0 spiro atoms. The fourth-order valence-corrected chi connectivity index (χ4v) is 4.07. The zero-order valence-electron chi connectivity index (χ0n) is 17.9. The monoisotopic (exact) mass is 420 g/mol. The normalized spacial score (nSPS) is 15.7. The van der Waals surface area contributed by atoms with E-state index in [-0.39, 0.29) is 6.04 Å². The van der Waals surface area contributed by atoms with Gasteiger partial charge < -0.3 is 16.0 Å². The first kappa shape index (κ1) is 20.0. The van der Waals surface area contributed by atoms with Crippen LogP contribution in [-0.4, -0.2) is 29.1 Å². The SMILES string of the molecule is Cc1ccc(Nc2nc(N3CC[C@H](N)C3)c3ccc(-c4ccc(C#N)cc4)cc3n2)cc1. The van der Waals surface area contributed by atoms with E-state index in [4.69, 9.17) is 21.0 Å². The van der Waals surface area contributed by atoms with Crippen molar-refractivity contribution in [2.45, 2.75) is 19.4 Å². The number of fused-ring (bicyclic) bond motifs is 1. The molecule has 1 aliphatic rings. The molecular formula is C26H24N6. The van der Waals surface area contributed by atoms with Gasteiger partial charge in [-0.05, 0) is 60.9 Å². The van der Waals surface area contributed by atoms with E-state index < -0.39 is 0 Å². The first-order chi connectivity index (χ1) is 15.6. The molecule has 0 bridgehead atoms. The minimum atomic E-state index is 0.159. The second-order valence-corrected chi connectivity index (χ2v) is 8.28. The van der Waals surface area contributed by atoms with Crippen LogP contribution in [-0.2, 0) is 0 Å². The zero-order chi connectivity index (χ0) is 22.1. The molecule has 158 valence electrons. The maximum atomic E-state index is 9.07. The van der Waals surface area contributed by atoms with E-state index in [9.17, 15) is 0 Å². The Balaban J connectivity index is 1.59. The fourth-order valence-electron chi connectivity index (χ4n) is 4.07. The van der Waals surface area contributed by atoms with Gasteiger partial charge in [-0.1, -0.05) is 35.9 Å². The van der Waals surface area contributed by atoms with Crippen molar-refractivity contribution in [3.05, 3.63) is 77.9 Å². The molecule has 6 nitrogen and oxygen atoms in total. The van der Waals surface area contributed by atoms with Gasteiger partial charge in [0.2, 0.25) is 5.95 Å². The maximum absolute atomic E-state index is 9.07. The summed E-state index contributed by atoms with van der Waals surface area (Å²) in [6.07, 6.45) is 0.954. The lowest BCUT2D eigenvalue weighted by Gasteiger charge is -2.20. The van der Waals surface area contributed by atoms with Gasteiger partial charge in [-0.15, -0.1) is 0 Å². The summed E-state index contributed by atoms with van der Waals surface area (Å²) in [5, 5.41) is 13.4. The highest BCUT2D eigenvalue weighted by Crippen LogP contribution is 2.32. The largest absolute Gasteiger partial charge is 0.354 e. The predicted molar refractivity (Wildman–Crippen MR) is 129 cm³/mol. The Morgan fingerprint density at radius 1 is 1.00 bits per heavy atom. The molecule has 32 heavy (non-hydrogen) atoms. The summed E-state index contributed by atoms with van der Waals surface area (Å²) >= 11 is 0. The molecule has 1 aromatic heterocycles. The molecule has 6 heteroatoms. The summed E-state index contributed by atoms with van der Waals surface area (Å²) < 4.78 is 0. The molecule has 0 radical (unpaired) electrons. The first-order valence-corrected chi connectivity index (χ1v) is 10.8. The molecule has 4 aromatic rings. The van der Waals surface area contributed by atoms with E-state index in [1.54, 1.807) is 0 Å². The summed E-state index contributed by atoms with van der Waals surface area (Å²) in [5.74, 6) is 1.47. The highest BCUT2D eigenvalue weighted by molar-refractivity contribution is 5.93. The average Bonchev–Trinajstić information content (AvgIpc) is 3.26. The molecule has 0 aliphatic carbocycles. The van der Waals surface area contributed by atoms with E-state index in [1.807, 2.05) is 36.4 Å². The molecule has 0 amide bonds. The van der Waals surface area contributed by atoms with Crippen LogP contribution in [0.3, 0.4) is 0 Å². The van der Waals surface area contributed by atoms with Crippen LogP contribution in [0.2, 0.25) is 0 Å². The van der Waals surface area contributed by atoms with Crippen molar-refractivity contribution < 1.29 is 0 Å². The zero-order valence-corrected chi connectivity index (χ0v) is 17.9. The van der Waals surface area contributed by atoms with Gasteiger partial charge in [0.05, 0.1) is 17.1 Å². The van der Waals surface area contributed by atoms with Crippen molar-refractivity contribution in [2.24, 2.45) is 5.73 Å². The quantitative estimate of drug-likeness (QED) is 0.495. The number of nitrogens with two attached hydrogens (primary N) is 1. The topological polar surface area (TPSA) is 90.9 Å². The lowest BCUT2D eigenvalue weighted by molar-refractivity contribution is 0.751. The third-order valence-electron chi connectivity index (χ3n) is 5.86. The van der Waals surface area contributed by atoms with Gasteiger partial charge >= 0.3 is 0 Å². The first-order valence-electron chi connectivity index (χ1n) is 10.8. The van der Waals surface area contributed by atoms with Crippen LogP contribution in [0.1, 0.15) is 17.5 Å². The van der Waals surface area contributed by atoms with Crippen molar-refractivity contribution in [1.29, 1.82) is 5.26 Å². The van der Waals surface area contributed by atoms with Crippen molar-refractivity contribution >= 4 is 28.4 Å². The Morgan fingerprint density at radius 3 is 2.44 bits per heavy atom. The van der Waals surface area contributed by atoms with E-state index in [0.29, 0.717) is 11.5 Å². The Kier molecular flexibility index (Phi) is 5.18. The van der Waals surface area contributed by atoms with Gasteiger partial charge in [-0.25, -0.2) is 4.98 Å². The smallest absolute Gasteiger partial charge is 0.229 e. The number of aromatic nitrogens is 2.